The molecule has 1 heterocycles. The van der Waals surface area contributed by atoms with Crippen molar-refractivity contribution in [1.29, 1.82) is 0 Å². The largest absolute Gasteiger partial charge is 0.413 e. The fraction of sp³-hybridized carbons (Fsp3) is 1.00. The van der Waals surface area contributed by atoms with Gasteiger partial charge >= 0.3 is 25.7 Å². The quantitative estimate of drug-likeness (QED) is 0.558. The van der Waals surface area contributed by atoms with Crippen LogP contribution in [-0.2, 0) is 26.6 Å². The molecule has 0 saturated carbocycles. The molecule has 0 N–H and O–H groups in total. The van der Waals surface area contributed by atoms with Crippen LogP contribution in [0.3, 0.4) is 0 Å². The third-order valence-corrected chi connectivity index (χ3v) is 20.1. The third kappa shape index (κ3) is 4.38. The Bertz CT molecular complexity index is 322. The highest BCUT2D eigenvalue weighted by molar-refractivity contribution is 6.94. The lowest BCUT2D eigenvalue weighted by molar-refractivity contribution is 0.0517. The molecule has 24 heavy (non-hydrogen) atoms. The molecule has 6 nitrogen and oxygen atoms in total. The Morgan fingerprint density at radius 3 is 0.917 bits per heavy atom. The van der Waals surface area contributed by atoms with Gasteiger partial charge in [0.05, 0.1) is 17.2 Å². The van der Waals surface area contributed by atoms with Gasteiger partial charge in [-0.25, -0.2) is 0 Å². The molecule has 1 aliphatic heterocycles. The van der Waals surface area contributed by atoms with Crippen LogP contribution < -0.4 is 0 Å². The Morgan fingerprint density at radius 2 is 0.792 bits per heavy atom. The van der Waals surface area contributed by atoms with E-state index in [1.807, 2.05) is 0 Å². The van der Waals surface area contributed by atoms with Crippen LogP contribution in [0.25, 0.3) is 0 Å². The summed E-state index contributed by atoms with van der Waals surface area (Å²) in [6, 6.07) is 0. The number of hydrogen-bond donors (Lipinski definition) is 0. The zero-order valence-electron chi connectivity index (χ0n) is 16.8. The second kappa shape index (κ2) is 8.87. The van der Waals surface area contributed by atoms with Gasteiger partial charge in [-0.3, -0.25) is 0 Å². The maximum atomic E-state index is 6.65. The lowest BCUT2D eigenvalue weighted by Crippen LogP contribution is -2.77. The molecule has 1 saturated heterocycles. The van der Waals surface area contributed by atoms with Gasteiger partial charge in [-0.15, -0.1) is 0 Å². The first-order valence-electron chi connectivity index (χ1n) is 8.87. The van der Waals surface area contributed by atoms with E-state index >= 15 is 0 Å². The summed E-state index contributed by atoms with van der Waals surface area (Å²) in [6.07, 6.45) is 2.55. The number of rotatable bonds is 9. The Kier molecular flexibility index (Phi) is 8.30. The minimum atomic E-state index is -2.61. The van der Waals surface area contributed by atoms with Crippen molar-refractivity contribution in [3.05, 3.63) is 0 Å². The molecule has 0 aromatic rings. The molecule has 0 aromatic heterocycles. The van der Waals surface area contributed by atoms with E-state index < -0.39 is 25.7 Å². The first-order valence-corrected chi connectivity index (χ1v) is 16.1. The molecule has 1 fully saturated rings. The van der Waals surface area contributed by atoms with Crippen molar-refractivity contribution in [2.24, 2.45) is 0 Å². The molecule has 0 amide bonds. The standard InChI is InChI=1S/C15H36O6Si3/c1-10-13(16-4)22(7)19-23(8,14(11-2)17-5)21-24(9,20-22)15(12-3)18-6/h13-15H,10-12H2,1-9H3. The summed E-state index contributed by atoms with van der Waals surface area (Å²) < 4.78 is 37.2. The van der Waals surface area contributed by atoms with E-state index in [2.05, 4.69) is 40.4 Å². The third-order valence-electron chi connectivity index (χ3n) is 4.94. The minimum Gasteiger partial charge on any atom is -0.413 e. The summed E-state index contributed by atoms with van der Waals surface area (Å²) in [6.45, 7) is 12.6. The van der Waals surface area contributed by atoms with Gasteiger partial charge in [-0.2, -0.15) is 0 Å². The highest BCUT2D eigenvalue weighted by atomic mass is 28.5. The molecular formula is C15H36O6Si3. The van der Waals surface area contributed by atoms with E-state index in [4.69, 9.17) is 26.6 Å². The number of ether oxygens (including phenoxy) is 3. The van der Waals surface area contributed by atoms with Gasteiger partial charge < -0.3 is 26.6 Å². The van der Waals surface area contributed by atoms with Crippen molar-refractivity contribution in [2.75, 3.05) is 21.3 Å². The molecule has 9 heteroatoms. The van der Waals surface area contributed by atoms with Crippen molar-refractivity contribution >= 4 is 25.7 Å². The number of methoxy groups -OCH3 is 3. The topological polar surface area (TPSA) is 55.4 Å². The zero-order chi connectivity index (χ0) is 18.6. The molecule has 0 bridgehead atoms. The van der Waals surface area contributed by atoms with Crippen molar-refractivity contribution in [1.82, 2.24) is 0 Å². The van der Waals surface area contributed by atoms with Crippen LogP contribution in [0.15, 0.2) is 0 Å². The van der Waals surface area contributed by atoms with Gasteiger partial charge in [0.25, 0.3) is 0 Å². The van der Waals surface area contributed by atoms with E-state index in [0.717, 1.165) is 19.3 Å². The highest BCUT2D eigenvalue weighted by Gasteiger charge is 2.64. The SMILES string of the molecule is CCC(OC)[Si]1(C)O[Si](C)(C(CC)OC)O[Si](C)(C(CC)OC)O1. The Balaban J connectivity index is 3.34. The van der Waals surface area contributed by atoms with Crippen LogP contribution in [0.1, 0.15) is 40.0 Å². The fourth-order valence-electron chi connectivity index (χ4n) is 3.92. The molecule has 1 rings (SSSR count). The average molecular weight is 397 g/mol. The fourth-order valence-corrected chi connectivity index (χ4v) is 21.9. The number of hydrogen-bond acceptors (Lipinski definition) is 6. The van der Waals surface area contributed by atoms with Crippen LogP contribution in [0.2, 0.25) is 19.6 Å². The molecule has 0 aliphatic carbocycles. The van der Waals surface area contributed by atoms with Gasteiger partial charge in [0.15, 0.2) is 0 Å². The average Bonchev–Trinajstić information content (AvgIpc) is 2.48. The molecule has 3 atom stereocenters. The first kappa shape index (κ1) is 22.5. The van der Waals surface area contributed by atoms with E-state index in [1.54, 1.807) is 21.3 Å². The maximum absolute atomic E-state index is 6.65. The van der Waals surface area contributed by atoms with Crippen molar-refractivity contribution in [3.8, 4) is 0 Å². The van der Waals surface area contributed by atoms with Crippen LogP contribution in [-0.4, -0.2) is 64.2 Å². The Morgan fingerprint density at radius 1 is 0.583 bits per heavy atom. The summed E-state index contributed by atoms with van der Waals surface area (Å²) in [7, 11) is -2.64. The summed E-state index contributed by atoms with van der Waals surface area (Å²) in [4.78, 5) is 0. The van der Waals surface area contributed by atoms with Gasteiger partial charge in [0.2, 0.25) is 0 Å². The summed E-state index contributed by atoms with van der Waals surface area (Å²) in [5.41, 5.74) is -0.115. The second-order valence-electron chi connectivity index (χ2n) is 6.75. The lowest BCUT2D eigenvalue weighted by Gasteiger charge is -2.54. The summed E-state index contributed by atoms with van der Waals surface area (Å²) in [5.74, 6) is 0. The molecule has 144 valence electrons. The van der Waals surface area contributed by atoms with Gasteiger partial charge in [0, 0.05) is 21.3 Å². The molecule has 0 aromatic carbocycles. The lowest BCUT2D eigenvalue weighted by atomic mass is 10.5. The van der Waals surface area contributed by atoms with E-state index in [0.29, 0.717) is 0 Å². The van der Waals surface area contributed by atoms with Crippen LogP contribution >= 0.6 is 0 Å². The monoisotopic (exact) mass is 396 g/mol. The molecule has 3 unspecified atom stereocenters. The van der Waals surface area contributed by atoms with Crippen LogP contribution in [0.5, 0.6) is 0 Å². The second-order valence-corrected chi connectivity index (χ2v) is 17.2. The predicted molar refractivity (Wildman–Crippen MR) is 101 cm³/mol. The minimum absolute atomic E-state index is 0.0382. The zero-order valence-corrected chi connectivity index (χ0v) is 19.8. The first-order chi connectivity index (χ1) is 11.2. The molecule has 0 spiro atoms. The summed E-state index contributed by atoms with van der Waals surface area (Å²) in [5, 5.41) is 0. The smallest absolute Gasteiger partial charge is 0.347 e. The summed E-state index contributed by atoms with van der Waals surface area (Å²) >= 11 is 0. The van der Waals surface area contributed by atoms with Gasteiger partial charge in [-0.1, -0.05) is 20.8 Å². The Labute approximate surface area is 150 Å². The van der Waals surface area contributed by atoms with Crippen molar-refractivity contribution in [3.63, 3.8) is 0 Å². The van der Waals surface area contributed by atoms with E-state index in [1.165, 1.54) is 0 Å². The maximum Gasteiger partial charge on any atom is 0.347 e. The van der Waals surface area contributed by atoms with Gasteiger partial charge in [-0.05, 0) is 38.9 Å². The molecular weight excluding hydrogens is 360 g/mol. The van der Waals surface area contributed by atoms with Gasteiger partial charge in [0.1, 0.15) is 0 Å². The van der Waals surface area contributed by atoms with E-state index in [-0.39, 0.29) is 17.2 Å². The van der Waals surface area contributed by atoms with Crippen LogP contribution in [0, 0.1) is 0 Å². The molecule has 1 aliphatic rings. The predicted octanol–water partition coefficient (Wildman–Crippen LogP) is 3.16. The highest BCUT2D eigenvalue weighted by Crippen LogP contribution is 2.39. The normalized spacial score (nSPS) is 37.9. The molecule has 0 radical (unpaired) electrons. The van der Waals surface area contributed by atoms with Crippen LogP contribution in [0.4, 0.5) is 0 Å². The Hall–Kier alpha value is 0.411. The van der Waals surface area contributed by atoms with Crippen molar-refractivity contribution in [2.45, 2.75) is 76.9 Å². The van der Waals surface area contributed by atoms with Crippen molar-refractivity contribution < 1.29 is 26.6 Å². The van der Waals surface area contributed by atoms with E-state index in [9.17, 15) is 0 Å².